The van der Waals surface area contributed by atoms with Crippen molar-refractivity contribution >= 4 is 17.7 Å². The van der Waals surface area contributed by atoms with Gasteiger partial charge in [-0.25, -0.2) is 9.59 Å². The van der Waals surface area contributed by atoms with E-state index in [4.69, 9.17) is 10.4 Å². The van der Waals surface area contributed by atoms with Gasteiger partial charge in [-0.05, 0) is 25.5 Å². The fraction of sp³-hybridized carbons (Fsp3) is 0.357. The zero-order chi connectivity index (χ0) is 15.3. The van der Waals surface area contributed by atoms with Crippen molar-refractivity contribution in [2.24, 2.45) is 0 Å². The Kier molecular flexibility index (Phi) is 4.70. The maximum atomic E-state index is 12.1. The smallest absolute Gasteiger partial charge is 0.329 e. The van der Waals surface area contributed by atoms with Crippen molar-refractivity contribution in [3.05, 3.63) is 29.8 Å². The van der Waals surface area contributed by atoms with Gasteiger partial charge in [0.1, 0.15) is 11.6 Å². The molecule has 0 saturated heterocycles. The number of anilines is 1. The van der Waals surface area contributed by atoms with E-state index in [1.165, 1.54) is 18.9 Å². The Morgan fingerprint density at radius 2 is 2.05 bits per heavy atom. The van der Waals surface area contributed by atoms with E-state index < -0.39 is 17.5 Å². The molecule has 6 heteroatoms. The highest BCUT2D eigenvalue weighted by molar-refractivity contribution is 5.96. The lowest BCUT2D eigenvalue weighted by molar-refractivity contribution is -0.143. The largest absolute Gasteiger partial charge is 0.480 e. The monoisotopic (exact) mass is 275 g/mol. The molecule has 0 aliphatic carbocycles. The first-order valence-corrected chi connectivity index (χ1v) is 6.14. The maximum absolute atomic E-state index is 12.1. The number of nitrogens with one attached hydrogen (secondary N) is 1. The Bertz CT molecular complexity index is 565. The number of hydrogen-bond donors (Lipinski definition) is 2. The van der Waals surface area contributed by atoms with Crippen molar-refractivity contribution in [3.8, 4) is 6.07 Å². The summed E-state index contributed by atoms with van der Waals surface area (Å²) in [6.07, 6.45) is 0.252. The van der Waals surface area contributed by atoms with Crippen LogP contribution in [-0.2, 0) is 4.79 Å². The summed E-state index contributed by atoms with van der Waals surface area (Å²) in [6.45, 7) is 3.12. The van der Waals surface area contributed by atoms with Gasteiger partial charge in [-0.3, -0.25) is 4.90 Å². The highest BCUT2D eigenvalue weighted by atomic mass is 16.4. The molecule has 0 spiro atoms. The van der Waals surface area contributed by atoms with Crippen molar-refractivity contribution in [2.75, 3.05) is 11.9 Å². The van der Waals surface area contributed by atoms with Crippen molar-refractivity contribution < 1.29 is 14.7 Å². The summed E-state index contributed by atoms with van der Waals surface area (Å²) in [7, 11) is 1.49. The Morgan fingerprint density at radius 3 is 2.55 bits per heavy atom. The van der Waals surface area contributed by atoms with E-state index in [0.29, 0.717) is 11.3 Å². The molecule has 1 aromatic carbocycles. The minimum Gasteiger partial charge on any atom is -0.480 e. The molecule has 20 heavy (non-hydrogen) atoms. The van der Waals surface area contributed by atoms with Gasteiger partial charge in [0.25, 0.3) is 0 Å². The lowest BCUT2D eigenvalue weighted by Gasteiger charge is -2.28. The highest BCUT2D eigenvalue weighted by Gasteiger charge is 2.34. The fourth-order valence-corrected chi connectivity index (χ4v) is 1.58. The fourth-order valence-electron chi connectivity index (χ4n) is 1.58. The molecule has 0 radical (unpaired) electrons. The minimum absolute atomic E-state index is 0.252. The first-order chi connectivity index (χ1) is 9.35. The van der Waals surface area contributed by atoms with Crippen molar-refractivity contribution in [1.29, 1.82) is 5.26 Å². The number of rotatable bonds is 4. The average Bonchev–Trinajstić information content (AvgIpc) is 2.45. The van der Waals surface area contributed by atoms with Crippen LogP contribution in [0, 0.1) is 11.3 Å². The van der Waals surface area contributed by atoms with Gasteiger partial charge < -0.3 is 10.4 Å². The van der Waals surface area contributed by atoms with Crippen LogP contribution in [-0.4, -0.2) is 29.7 Å². The molecule has 1 rings (SSSR count). The van der Waals surface area contributed by atoms with Crippen molar-refractivity contribution in [1.82, 2.24) is 5.32 Å². The second-order valence-electron chi connectivity index (χ2n) is 4.61. The molecule has 0 aliphatic heterocycles. The zero-order valence-corrected chi connectivity index (χ0v) is 11.7. The number of amides is 2. The molecule has 0 bridgehead atoms. The van der Waals surface area contributed by atoms with Crippen LogP contribution in [0.3, 0.4) is 0 Å². The predicted octanol–water partition coefficient (Wildman–Crippen LogP) is 1.96. The van der Waals surface area contributed by atoms with Gasteiger partial charge in [0, 0.05) is 7.05 Å². The summed E-state index contributed by atoms with van der Waals surface area (Å²) in [5.41, 5.74) is -0.567. The summed E-state index contributed by atoms with van der Waals surface area (Å²) in [5.74, 6) is -1.10. The van der Waals surface area contributed by atoms with Gasteiger partial charge in [-0.2, -0.15) is 5.26 Å². The van der Waals surface area contributed by atoms with Crippen LogP contribution in [0.4, 0.5) is 10.5 Å². The van der Waals surface area contributed by atoms with Crippen LogP contribution in [0.5, 0.6) is 0 Å². The van der Waals surface area contributed by atoms with E-state index in [2.05, 4.69) is 5.32 Å². The molecule has 0 aromatic heterocycles. The Morgan fingerprint density at radius 1 is 1.45 bits per heavy atom. The number of carbonyl (C=O) groups is 2. The molecule has 1 atom stereocenters. The average molecular weight is 275 g/mol. The number of aliphatic carboxylic acids is 1. The van der Waals surface area contributed by atoms with Crippen LogP contribution in [0.1, 0.15) is 25.8 Å². The molecular weight excluding hydrogens is 258 g/mol. The quantitative estimate of drug-likeness (QED) is 0.878. The zero-order valence-electron chi connectivity index (χ0n) is 11.7. The topological polar surface area (TPSA) is 93.4 Å². The summed E-state index contributed by atoms with van der Waals surface area (Å²) < 4.78 is 0. The number of carboxylic acids is 1. The van der Waals surface area contributed by atoms with Gasteiger partial charge in [-0.1, -0.05) is 19.1 Å². The lowest BCUT2D eigenvalue weighted by atomic mass is 10.00. The summed E-state index contributed by atoms with van der Waals surface area (Å²) in [6, 6.07) is 8.04. The molecule has 0 saturated carbocycles. The SMILES string of the molecule is CCC(C)(NC(=O)N(C)c1ccccc1C#N)C(=O)O. The van der Waals surface area contributed by atoms with E-state index in [0.717, 1.165) is 0 Å². The molecule has 2 amide bonds. The van der Waals surface area contributed by atoms with Gasteiger partial charge in [-0.15, -0.1) is 0 Å². The Hall–Kier alpha value is -2.55. The molecular formula is C14H17N3O3. The summed E-state index contributed by atoms with van der Waals surface area (Å²) in [4.78, 5) is 24.5. The van der Waals surface area contributed by atoms with E-state index in [1.807, 2.05) is 6.07 Å². The maximum Gasteiger partial charge on any atom is 0.329 e. The number of urea groups is 1. The first-order valence-electron chi connectivity index (χ1n) is 6.14. The number of hydrogen-bond acceptors (Lipinski definition) is 3. The predicted molar refractivity (Wildman–Crippen MR) is 74.4 cm³/mol. The van der Waals surface area contributed by atoms with Gasteiger partial charge in [0.05, 0.1) is 11.3 Å². The number of nitrogens with zero attached hydrogens (tertiary/aromatic N) is 2. The number of carboxylic acid groups (broad SMARTS) is 1. The second-order valence-corrected chi connectivity index (χ2v) is 4.61. The molecule has 106 valence electrons. The van der Waals surface area contributed by atoms with Crippen LogP contribution in [0.2, 0.25) is 0 Å². The first kappa shape index (κ1) is 15.5. The summed E-state index contributed by atoms with van der Waals surface area (Å²) in [5, 5.41) is 20.6. The number of carbonyl (C=O) groups excluding carboxylic acids is 1. The summed E-state index contributed by atoms with van der Waals surface area (Å²) >= 11 is 0. The molecule has 1 aromatic rings. The van der Waals surface area contributed by atoms with Crippen LogP contribution < -0.4 is 10.2 Å². The molecule has 0 fully saturated rings. The van der Waals surface area contributed by atoms with E-state index in [9.17, 15) is 9.59 Å². The number of benzene rings is 1. The molecule has 0 heterocycles. The number of para-hydroxylation sites is 1. The number of nitriles is 1. The van der Waals surface area contributed by atoms with Crippen LogP contribution >= 0.6 is 0 Å². The Balaban J connectivity index is 2.99. The normalized spacial score (nSPS) is 12.9. The van der Waals surface area contributed by atoms with Crippen molar-refractivity contribution in [3.63, 3.8) is 0 Å². The third-order valence-electron chi connectivity index (χ3n) is 3.25. The lowest BCUT2D eigenvalue weighted by Crippen LogP contribution is -2.55. The minimum atomic E-state index is -1.34. The van der Waals surface area contributed by atoms with Gasteiger partial charge >= 0.3 is 12.0 Å². The highest BCUT2D eigenvalue weighted by Crippen LogP contribution is 2.19. The standard InChI is InChI=1S/C14H17N3O3/c1-4-14(2,12(18)19)16-13(20)17(3)11-8-6-5-7-10(11)9-15/h5-8H,4H2,1-3H3,(H,16,20)(H,18,19). The van der Waals surface area contributed by atoms with Gasteiger partial charge in [0.15, 0.2) is 0 Å². The van der Waals surface area contributed by atoms with E-state index >= 15 is 0 Å². The van der Waals surface area contributed by atoms with Crippen molar-refractivity contribution in [2.45, 2.75) is 25.8 Å². The van der Waals surface area contributed by atoms with Crippen LogP contribution in [0.15, 0.2) is 24.3 Å². The third-order valence-corrected chi connectivity index (χ3v) is 3.25. The van der Waals surface area contributed by atoms with Gasteiger partial charge in [0.2, 0.25) is 0 Å². The van der Waals surface area contributed by atoms with E-state index in [1.54, 1.807) is 31.2 Å². The molecule has 1 unspecified atom stereocenters. The van der Waals surface area contributed by atoms with Crippen LogP contribution in [0.25, 0.3) is 0 Å². The van der Waals surface area contributed by atoms with E-state index in [-0.39, 0.29) is 6.42 Å². The molecule has 0 aliphatic rings. The molecule has 6 nitrogen and oxygen atoms in total. The second kappa shape index (κ2) is 6.06. The Labute approximate surface area is 117 Å². The molecule has 2 N–H and O–H groups in total. The third kappa shape index (κ3) is 3.06.